The molecule has 116 valence electrons. The summed E-state index contributed by atoms with van der Waals surface area (Å²) in [6.45, 7) is 3.74. The average Bonchev–Trinajstić information content (AvgIpc) is 2.50. The molecule has 1 atom stereocenters. The summed E-state index contributed by atoms with van der Waals surface area (Å²) in [4.78, 5) is 14.3. The fraction of sp³-hybridized carbons (Fsp3) is 0.562. The van der Waals surface area contributed by atoms with Crippen LogP contribution in [0.1, 0.15) is 31.2 Å². The highest BCUT2D eigenvalue weighted by Gasteiger charge is 2.21. The van der Waals surface area contributed by atoms with Gasteiger partial charge in [0.2, 0.25) is 5.91 Å². The number of nitrogens with zero attached hydrogens (tertiary/aromatic N) is 1. The summed E-state index contributed by atoms with van der Waals surface area (Å²) < 4.78 is 0. The molecule has 1 aromatic carbocycles. The van der Waals surface area contributed by atoms with Gasteiger partial charge in [0.1, 0.15) is 0 Å². The lowest BCUT2D eigenvalue weighted by atomic mass is 10.0. The SMILES string of the molecule is Cc1c(N)cccc1NC(=O)CCN1CCCCC1CO. The third-order valence-electron chi connectivity index (χ3n) is 4.24. The molecular formula is C16H25N3O2. The number of nitrogens with one attached hydrogen (secondary N) is 1. The summed E-state index contributed by atoms with van der Waals surface area (Å²) in [5.74, 6) is -0.00837. The lowest BCUT2D eigenvalue weighted by molar-refractivity contribution is -0.116. The molecule has 1 heterocycles. The molecule has 1 unspecified atom stereocenters. The monoisotopic (exact) mass is 291 g/mol. The lowest BCUT2D eigenvalue weighted by Gasteiger charge is -2.34. The normalized spacial score (nSPS) is 19.4. The minimum absolute atomic E-state index is 0.00837. The van der Waals surface area contributed by atoms with Crippen LogP contribution in [0, 0.1) is 6.92 Å². The Morgan fingerprint density at radius 3 is 3.05 bits per heavy atom. The second kappa shape index (κ2) is 7.43. The molecule has 0 saturated carbocycles. The lowest BCUT2D eigenvalue weighted by Crippen LogP contribution is -2.43. The highest BCUT2D eigenvalue weighted by molar-refractivity contribution is 5.92. The van der Waals surface area contributed by atoms with Gasteiger partial charge >= 0.3 is 0 Å². The van der Waals surface area contributed by atoms with Gasteiger partial charge in [-0.05, 0) is 44.0 Å². The quantitative estimate of drug-likeness (QED) is 0.722. The molecule has 5 heteroatoms. The van der Waals surface area contributed by atoms with Gasteiger partial charge in [-0.1, -0.05) is 12.5 Å². The van der Waals surface area contributed by atoms with E-state index in [1.807, 2.05) is 25.1 Å². The van der Waals surface area contributed by atoms with E-state index in [9.17, 15) is 9.90 Å². The molecule has 1 amide bonds. The summed E-state index contributed by atoms with van der Waals surface area (Å²) >= 11 is 0. The van der Waals surface area contributed by atoms with E-state index in [4.69, 9.17) is 5.73 Å². The van der Waals surface area contributed by atoms with Crippen LogP contribution in [0.5, 0.6) is 0 Å². The fourth-order valence-corrected chi connectivity index (χ4v) is 2.81. The molecule has 1 saturated heterocycles. The van der Waals surface area contributed by atoms with E-state index in [0.29, 0.717) is 18.7 Å². The van der Waals surface area contributed by atoms with Crippen molar-refractivity contribution < 1.29 is 9.90 Å². The average molecular weight is 291 g/mol. The Balaban J connectivity index is 1.85. The van der Waals surface area contributed by atoms with E-state index in [-0.39, 0.29) is 18.6 Å². The molecule has 0 aromatic heterocycles. The number of hydrogen-bond acceptors (Lipinski definition) is 4. The van der Waals surface area contributed by atoms with Crippen molar-refractivity contribution in [2.75, 3.05) is 30.7 Å². The molecule has 0 spiro atoms. The number of piperidine rings is 1. The number of likely N-dealkylation sites (tertiary alicyclic amines) is 1. The highest BCUT2D eigenvalue weighted by Crippen LogP contribution is 2.21. The molecular weight excluding hydrogens is 266 g/mol. The summed E-state index contributed by atoms with van der Waals surface area (Å²) in [5, 5.41) is 12.3. The van der Waals surface area contributed by atoms with Crippen LogP contribution in [0.15, 0.2) is 18.2 Å². The number of nitrogens with two attached hydrogens (primary N) is 1. The van der Waals surface area contributed by atoms with Gasteiger partial charge in [-0.3, -0.25) is 9.69 Å². The first kappa shape index (κ1) is 15.8. The van der Waals surface area contributed by atoms with E-state index in [1.165, 1.54) is 0 Å². The van der Waals surface area contributed by atoms with Gasteiger partial charge in [0.15, 0.2) is 0 Å². The molecule has 1 fully saturated rings. The van der Waals surface area contributed by atoms with Gasteiger partial charge in [-0.25, -0.2) is 0 Å². The van der Waals surface area contributed by atoms with Crippen LogP contribution in [0.2, 0.25) is 0 Å². The number of anilines is 2. The van der Waals surface area contributed by atoms with Crippen LogP contribution in [0.3, 0.4) is 0 Å². The second-order valence-corrected chi connectivity index (χ2v) is 5.69. The molecule has 2 rings (SSSR count). The number of hydrogen-bond donors (Lipinski definition) is 3. The topological polar surface area (TPSA) is 78.6 Å². The van der Waals surface area contributed by atoms with Crippen LogP contribution in [0.4, 0.5) is 11.4 Å². The number of benzene rings is 1. The predicted octanol–water partition coefficient (Wildman–Crippen LogP) is 1.75. The zero-order valence-corrected chi connectivity index (χ0v) is 12.6. The summed E-state index contributed by atoms with van der Waals surface area (Å²) in [5.41, 5.74) is 8.20. The van der Waals surface area contributed by atoms with E-state index >= 15 is 0 Å². The molecule has 0 radical (unpaired) electrons. The first-order chi connectivity index (χ1) is 10.1. The van der Waals surface area contributed by atoms with Gasteiger partial charge in [0.05, 0.1) is 6.61 Å². The largest absolute Gasteiger partial charge is 0.398 e. The first-order valence-electron chi connectivity index (χ1n) is 7.61. The van der Waals surface area contributed by atoms with Crippen molar-refractivity contribution in [3.05, 3.63) is 23.8 Å². The third-order valence-corrected chi connectivity index (χ3v) is 4.24. The Hall–Kier alpha value is -1.59. The maximum absolute atomic E-state index is 12.1. The van der Waals surface area contributed by atoms with Gasteiger partial charge in [0.25, 0.3) is 0 Å². The molecule has 1 aliphatic heterocycles. The predicted molar refractivity (Wildman–Crippen MR) is 85.1 cm³/mol. The number of carbonyl (C=O) groups is 1. The molecule has 5 nitrogen and oxygen atoms in total. The van der Waals surface area contributed by atoms with Crippen LogP contribution in [0.25, 0.3) is 0 Å². The fourth-order valence-electron chi connectivity index (χ4n) is 2.81. The number of carbonyl (C=O) groups excluding carboxylic acids is 1. The highest BCUT2D eigenvalue weighted by atomic mass is 16.3. The zero-order chi connectivity index (χ0) is 15.2. The number of amides is 1. The summed E-state index contributed by atoms with van der Waals surface area (Å²) in [7, 11) is 0. The smallest absolute Gasteiger partial charge is 0.225 e. The van der Waals surface area contributed by atoms with Crippen molar-refractivity contribution in [1.82, 2.24) is 4.90 Å². The van der Waals surface area contributed by atoms with E-state index < -0.39 is 0 Å². The van der Waals surface area contributed by atoms with E-state index in [2.05, 4.69) is 10.2 Å². The van der Waals surface area contributed by atoms with Gasteiger partial charge in [-0.15, -0.1) is 0 Å². The van der Waals surface area contributed by atoms with Crippen LogP contribution in [-0.2, 0) is 4.79 Å². The number of rotatable bonds is 5. The molecule has 0 bridgehead atoms. The minimum atomic E-state index is -0.00837. The van der Waals surface area contributed by atoms with Crippen LogP contribution < -0.4 is 11.1 Å². The molecule has 1 aliphatic rings. The minimum Gasteiger partial charge on any atom is -0.398 e. The molecule has 21 heavy (non-hydrogen) atoms. The van der Waals surface area contributed by atoms with Crippen LogP contribution in [-0.4, -0.2) is 41.7 Å². The summed E-state index contributed by atoms with van der Waals surface area (Å²) in [6.07, 6.45) is 3.76. The molecule has 1 aromatic rings. The maximum Gasteiger partial charge on any atom is 0.225 e. The van der Waals surface area contributed by atoms with E-state index in [0.717, 1.165) is 37.1 Å². The summed E-state index contributed by atoms with van der Waals surface area (Å²) in [6, 6.07) is 5.73. The Labute approximate surface area is 126 Å². The number of aliphatic hydroxyl groups excluding tert-OH is 1. The maximum atomic E-state index is 12.1. The van der Waals surface area contributed by atoms with Gasteiger partial charge in [-0.2, -0.15) is 0 Å². The third kappa shape index (κ3) is 4.19. The Bertz CT molecular complexity index is 490. The van der Waals surface area contributed by atoms with Crippen molar-refractivity contribution in [1.29, 1.82) is 0 Å². The second-order valence-electron chi connectivity index (χ2n) is 5.69. The molecule has 4 N–H and O–H groups in total. The van der Waals surface area contributed by atoms with Gasteiger partial charge < -0.3 is 16.2 Å². The standard InChI is InChI=1S/C16H25N3O2/c1-12-14(17)6-4-7-15(12)18-16(21)8-10-19-9-3-2-5-13(19)11-20/h4,6-7,13,20H,2-3,5,8-11,17H2,1H3,(H,18,21). The Morgan fingerprint density at radius 2 is 2.29 bits per heavy atom. The van der Waals surface area contributed by atoms with Crippen LogP contribution >= 0.6 is 0 Å². The number of nitrogen functional groups attached to an aromatic ring is 1. The molecule has 0 aliphatic carbocycles. The number of aliphatic hydroxyl groups is 1. The van der Waals surface area contributed by atoms with Crippen molar-refractivity contribution in [3.8, 4) is 0 Å². The van der Waals surface area contributed by atoms with E-state index in [1.54, 1.807) is 0 Å². The van der Waals surface area contributed by atoms with Gasteiger partial charge in [0, 0.05) is 30.4 Å². The first-order valence-corrected chi connectivity index (χ1v) is 7.61. The Kier molecular flexibility index (Phi) is 5.59. The zero-order valence-electron chi connectivity index (χ0n) is 12.6. The Morgan fingerprint density at radius 1 is 1.48 bits per heavy atom. The van der Waals surface area contributed by atoms with Crippen molar-refractivity contribution in [3.63, 3.8) is 0 Å². The van der Waals surface area contributed by atoms with Crippen molar-refractivity contribution >= 4 is 17.3 Å². The van der Waals surface area contributed by atoms with Crippen molar-refractivity contribution in [2.45, 2.75) is 38.6 Å². The van der Waals surface area contributed by atoms with Crippen molar-refractivity contribution in [2.24, 2.45) is 0 Å².